The molecule has 6 aromatic carbocycles. The van der Waals surface area contributed by atoms with Crippen LogP contribution in [0.3, 0.4) is 0 Å². The number of para-hydroxylation sites is 2. The summed E-state index contributed by atoms with van der Waals surface area (Å²) in [6.07, 6.45) is 0. The molecule has 10 aromatic rings. The van der Waals surface area contributed by atoms with Crippen molar-refractivity contribution in [2.24, 2.45) is 0 Å². The first-order valence-corrected chi connectivity index (χ1v) is 15.6. The van der Waals surface area contributed by atoms with Crippen LogP contribution in [0.25, 0.3) is 98.2 Å². The van der Waals surface area contributed by atoms with E-state index in [2.05, 4.69) is 72.8 Å². The van der Waals surface area contributed by atoms with E-state index in [0.717, 1.165) is 60.6 Å². The molecule has 0 amide bonds. The number of hydrogen-bond donors (Lipinski definition) is 0. The lowest BCUT2D eigenvalue weighted by Gasteiger charge is -2.09. The molecule has 0 N–H and O–H groups in total. The Morgan fingerprint density at radius 2 is 0.844 bits per heavy atom. The molecule has 0 aliphatic carbocycles. The van der Waals surface area contributed by atoms with Gasteiger partial charge in [0.05, 0.1) is 0 Å². The summed E-state index contributed by atoms with van der Waals surface area (Å²) >= 11 is 1.78. The Morgan fingerprint density at radius 3 is 1.60 bits per heavy atom. The molecule has 0 aliphatic heterocycles. The molecule has 0 saturated carbocycles. The van der Waals surface area contributed by atoms with Gasteiger partial charge in [0.2, 0.25) is 0 Å². The van der Waals surface area contributed by atoms with Crippen LogP contribution in [0.2, 0.25) is 0 Å². The molecule has 4 heterocycles. The monoisotopic (exact) mass is 595 g/mol. The summed E-state index contributed by atoms with van der Waals surface area (Å²) in [5.74, 6) is 1.81. The molecule has 45 heavy (non-hydrogen) atoms. The topological polar surface area (TPSA) is 65.0 Å². The Kier molecular flexibility index (Phi) is 5.09. The molecule has 0 unspecified atom stereocenters. The van der Waals surface area contributed by atoms with Crippen molar-refractivity contribution in [1.82, 2.24) is 15.0 Å². The number of aromatic nitrogens is 3. The Bertz CT molecular complexity index is 2660. The van der Waals surface area contributed by atoms with Crippen LogP contribution in [-0.2, 0) is 0 Å². The van der Waals surface area contributed by atoms with E-state index in [9.17, 15) is 0 Å². The number of benzene rings is 6. The maximum Gasteiger partial charge on any atom is 0.164 e. The lowest BCUT2D eigenvalue weighted by atomic mass is 10.1. The third kappa shape index (κ3) is 3.83. The van der Waals surface area contributed by atoms with Gasteiger partial charge >= 0.3 is 0 Å². The Labute approximate surface area is 260 Å². The smallest absolute Gasteiger partial charge is 0.164 e. The van der Waals surface area contributed by atoms with Crippen LogP contribution >= 0.6 is 11.3 Å². The van der Waals surface area contributed by atoms with Gasteiger partial charge in [-0.1, -0.05) is 72.8 Å². The van der Waals surface area contributed by atoms with E-state index in [1.54, 1.807) is 11.3 Å². The van der Waals surface area contributed by atoms with Gasteiger partial charge < -0.3 is 8.83 Å². The highest BCUT2D eigenvalue weighted by Crippen LogP contribution is 2.38. The van der Waals surface area contributed by atoms with Gasteiger partial charge in [0.15, 0.2) is 17.5 Å². The summed E-state index contributed by atoms with van der Waals surface area (Å²) in [4.78, 5) is 15.1. The van der Waals surface area contributed by atoms with Crippen LogP contribution in [0.4, 0.5) is 0 Å². The highest BCUT2D eigenvalue weighted by molar-refractivity contribution is 7.25. The standard InChI is InChI=1S/C39H21N3O2S/c1-4-10-31-25(7-1)27-16-13-23(20-34(27)44-31)38-40-37(22-15-18-33-30(19-22)26-8-2-5-11-32(26)43-33)41-39(42-38)24-14-17-29-28-9-3-6-12-35(28)45-36(29)21-24/h1-21H. The first kappa shape index (κ1) is 24.6. The fourth-order valence-corrected chi connectivity index (χ4v) is 7.50. The summed E-state index contributed by atoms with van der Waals surface area (Å²) in [7, 11) is 0. The second kappa shape index (κ2) is 9.32. The van der Waals surface area contributed by atoms with E-state index in [0.29, 0.717) is 17.5 Å². The van der Waals surface area contributed by atoms with Crippen molar-refractivity contribution in [3.8, 4) is 34.2 Å². The van der Waals surface area contributed by atoms with Crippen molar-refractivity contribution in [2.45, 2.75) is 0 Å². The number of furan rings is 2. The summed E-state index contributed by atoms with van der Waals surface area (Å²) in [5, 5.41) is 6.75. The normalized spacial score (nSPS) is 12.0. The maximum absolute atomic E-state index is 6.22. The van der Waals surface area contributed by atoms with E-state index in [1.165, 1.54) is 20.2 Å². The van der Waals surface area contributed by atoms with E-state index < -0.39 is 0 Å². The fourth-order valence-electron chi connectivity index (χ4n) is 6.36. The van der Waals surface area contributed by atoms with Crippen LogP contribution in [-0.4, -0.2) is 15.0 Å². The second-order valence-electron chi connectivity index (χ2n) is 11.2. The molecule has 0 atom stereocenters. The van der Waals surface area contributed by atoms with E-state index in [4.69, 9.17) is 23.8 Å². The van der Waals surface area contributed by atoms with Crippen molar-refractivity contribution in [3.63, 3.8) is 0 Å². The minimum absolute atomic E-state index is 0.589. The quantitative estimate of drug-likeness (QED) is 0.203. The molecule has 5 nitrogen and oxygen atoms in total. The lowest BCUT2D eigenvalue weighted by molar-refractivity contribution is 0.668. The predicted molar refractivity (Wildman–Crippen MR) is 184 cm³/mol. The van der Waals surface area contributed by atoms with Crippen LogP contribution in [0.15, 0.2) is 136 Å². The molecule has 4 aromatic heterocycles. The van der Waals surface area contributed by atoms with Gasteiger partial charge in [-0.15, -0.1) is 11.3 Å². The lowest BCUT2D eigenvalue weighted by Crippen LogP contribution is -2.00. The van der Waals surface area contributed by atoms with Crippen LogP contribution in [0, 0.1) is 0 Å². The number of fused-ring (bicyclic) bond motifs is 9. The first-order chi connectivity index (χ1) is 22.2. The molecule has 0 bridgehead atoms. The Balaban J connectivity index is 1.19. The van der Waals surface area contributed by atoms with Crippen molar-refractivity contribution < 1.29 is 8.83 Å². The van der Waals surface area contributed by atoms with Gasteiger partial charge in [-0.2, -0.15) is 0 Å². The highest BCUT2D eigenvalue weighted by atomic mass is 32.1. The van der Waals surface area contributed by atoms with Crippen LogP contribution < -0.4 is 0 Å². The third-order valence-corrected chi connectivity index (χ3v) is 9.68. The molecule has 0 fully saturated rings. The van der Waals surface area contributed by atoms with Gasteiger partial charge in [0, 0.05) is 58.4 Å². The average molecular weight is 596 g/mol. The second-order valence-corrected chi connectivity index (χ2v) is 12.3. The molecule has 210 valence electrons. The van der Waals surface area contributed by atoms with Crippen molar-refractivity contribution >= 4 is 75.4 Å². The average Bonchev–Trinajstić information content (AvgIpc) is 3.78. The third-order valence-electron chi connectivity index (χ3n) is 8.54. The van der Waals surface area contributed by atoms with Gasteiger partial charge in [-0.05, 0) is 54.6 Å². The van der Waals surface area contributed by atoms with Gasteiger partial charge in [-0.3, -0.25) is 0 Å². The summed E-state index contributed by atoms with van der Waals surface area (Å²) in [6.45, 7) is 0. The van der Waals surface area contributed by atoms with Crippen LogP contribution in [0.5, 0.6) is 0 Å². The molecule has 0 radical (unpaired) electrons. The van der Waals surface area contributed by atoms with Crippen molar-refractivity contribution in [2.75, 3.05) is 0 Å². The zero-order valence-electron chi connectivity index (χ0n) is 23.7. The van der Waals surface area contributed by atoms with E-state index >= 15 is 0 Å². The Hall–Kier alpha value is -5.85. The van der Waals surface area contributed by atoms with Crippen LogP contribution in [0.1, 0.15) is 0 Å². The molecule has 0 saturated heterocycles. The predicted octanol–water partition coefficient (Wildman–Crippen LogP) is 11.0. The number of nitrogens with zero attached hydrogens (tertiary/aromatic N) is 3. The van der Waals surface area contributed by atoms with Gasteiger partial charge in [0.25, 0.3) is 0 Å². The van der Waals surface area contributed by atoms with Crippen molar-refractivity contribution in [1.29, 1.82) is 0 Å². The minimum atomic E-state index is 0.589. The Morgan fingerprint density at radius 1 is 0.356 bits per heavy atom. The molecule has 0 spiro atoms. The molecule has 10 rings (SSSR count). The maximum atomic E-state index is 6.22. The van der Waals surface area contributed by atoms with E-state index in [-0.39, 0.29) is 0 Å². The van der Waals surface area contributed by atoms with E-state index in [1.807, 2.05) is 54.6 Å². The van der Waals surface area contributed by atoms with Gasteiger partial charge in [0.1, 0.15) is 22.3 Å². The SMILES string of the molecule is c1ccc2c(c1)oc1cc(-c3nc(-c4ccc5c(c4)sc4ccccc45)nc(-c4ccc5oc6ccccc6c5c4)n3)ccc12. The first-order valence-electron chi connectivity index (χ1n) is 14.8. The molecule has 0 aliphatic rings. The zero-order valence-corrected chi connectivity index (χ0v) is 24.5. The zero-order chi connectivity index (χ0) is 29.5. The largest absolute Gasteiger partial charge is 0.456 e. The molecular formula is C39H21N3O2S. The number of thiophene rings is 1. The summed E-state index contributed by atoms with van der Waals surface area (Å²) in [5.41, 5.74) is 6.06. The number of rotatable bonds is 3. The summed E-state index contributed by atoms with van der Waals surface area (Å²) < 4.78 is 14.8. The molecule has 6 heteroatoms. The highest BCUT2D eigenvalue weighted by Gasteiger charge is 2.17. The number of hydrogen-bond acceptors (Lipinski definition) is 6. The van der Waals surface area contributed by atoms with Crippen molar-refractivity contribution in [3.05, 3.63) is 127 Å². The fraction of sp³-hybridized carbons (Fsp3) is 0. The molecular weight excluding hydrogens is 575 g/mol. The summed E-state index contributed by atoms with van der Waals surface area (Å²) in [6, 6.07) is 43.5. The minimum Gasteiger partial charge on any atom is -0.456 e. The van der Waals surface area contributed by atoms with Gasteiger partial charge in [-0.25, -0.2) is 15.0 Å².